The molecule has 174 valence electrons. The number of imide groups is 1. The van der Waals surface area contributed by atoms with Crippen LogP contribution in [0.15, 0.2) is 66.9 Å². The summed E-state index contributed by atoms with van der Waals surface area (Å²) in [4.78, 5) is 50.8. The van der Waals surface area contributed by atoms with E-state index in [9.17, 15) is 19.2 Å². The van der Waals surface area contributed by atoms with Crippen LogP contribution in [0.25, 0.3) is 0 Å². The Morgan fingerprint density at radius 2 is 1.76 bits per heavy atom. The standard InChI is InChI=1S/C18H19N3O3S.C4H4O4/c1-20(15-9-5-6-10-19-15)11-12-24-17(14-7-3-2-4-8-14)21-16(22)13-25-18(21)23;5-3(6)1-2-4(7)8/h2-10,17H,11-13H2,1H3;1-2H,(H,5,6)(H,7,8)/b;2-1-. The second kappa shape index (κ2) is 13.0. The van der Waals surface area contributed by atoms with Crippen molar-refractivity contribution in [3.8, 4) is 0 Å². The summed E-state index contributed by atoms with van der Waals surface area (Å²) in [5.74, 6) is -1.73. The van der Waals surface area contributed by atoms with E-state index in [2.05, 4.69) is 4.98 Å². The number of aromatic nitrogens is 1. The Labute approximate surface area is 194 Å². The van der Waals surface area contributed by atoms with E-state index in [-0.39, 0.29) is 16.9 Å². The van der Waals surface area contributed by atoms with Crippen molar-refractivity contribution in [2.75, 3.05) is 30.9 Å². The molecule has 2 aromatic rings. The third-order valence-corrected chi connectivity index (χ3v) is 5.05. The van der Waals surface area contributed by atoms with Gasteiger partial charge in [-0.2, -0.15) is 0 Å². The second-order valence-electron chi connectivity index (χ2n) is 6.57. The number of nitrogens with zero attached hydrogens (tertiary/aromatic N) is 3. The maximum atomic E-state index is 12.1. The minimum atomic E-state index is -1.26. The fourth-order valence-corrected chi connectivity index (χ4v) is 3.39. The van der Waals surface area contributed by atoms with Crippen molar-refractivity contribution in [1.82, 2.24) is 9.88 Å². The highest BCUT2D eigenvalue weighted by molar-refractivity contribution is 8.14. The van der Waals surface area contributed by atoms with E-state index >= 15 is 0 Å². The highest BCUT2D eigenvalue weighted by Crippen LogP contribution is 2.30. The fourth-order valence-electron chi connectivity index (χ4n) is 2.67. The Hall–Kier alpha value is -3.70. The van der Waals surface area contributed by atoms with Crippen LogP contribution in [0.4, 0.5) is 10.6 Å². The second-order valence-corrected chi connectivity index (χ2v) is 7.50. The van der Waals surface area contributed by atoms with Gasteiger partial charge in [0.2, 0.25) is 5.91 Å². The number of carboxylic acid groups (broad SMARTS) is 2. The van der Waals surface area contributed by atoms with E-state index in [1.165, 1.54) is 4.90 Å². The van der Waals surface area contributed by atoms with E-state index in [1.54, 1.807) is 6.20 Å². The zero-order valence-corrected chi connectivity index (χ0v) is 18.6. The number of ether oxygens (including phenoxy) is 1. The Kier molecular flexibility index (Phi) is 10.1. The van der Waals surface area contributed by atoms with Crippen LogP contribution >= 0.6 is 11.8 Å². The molecule has 1 unspecified atom stereocenters. The number of hydrogen-bond donors (Lipinski definition) is 2. The largest absolute Gasteiger partial charge is 0.478 e. The number of carbonyl (C=O) groups is 4. The van der Waals surface area contributed by atoms with Gasteiger partial charge in [-0.05, 0) is 12.1 Å². The number of amides is 2. The zero-order valence-electron chi connectivity index (χ0n) is 17.7. The number of carboxylic acids is 2. The van der Waals surface area contributed by atoms with Crippen LogP contribution in [-0.2, 0) is 19.1 Å². The molecule has 0 bridgehead atoms. The molecular weight excluding hydrogens is 450 g/mol. The molecule has 0 radical (unpaired) electrons. The van der Waals surface area contributed by atoms with Crippen molar-refractivity contribution in [3.63, 3.8) is 0 Å². The van der Waals surface area contributed by atoms with Gasteiger partial charge >= 0.3 is 11.9 Å². The molecule has 10 nitrogen and oxygen atoms in total. The van der Waals surface area contributed by atoms with Gasteiger partial charge in [-0.15, -0.1) is 0 Å². The van der Waals surface area contributed by atoms with Gasteiger partial charge < -0.3 is 19.8 Å². The van der Waals surface area contributed by atoms with Gasteiger partial charge in [0.05, 0.1) is 12.4 Å². The summed E-state index contributed by atoms with van der Waals surface area (Å²) in [5.41, 5.74) is 0.784. The summed E-state index contributed by atoms with van der Waals surface area (Å²) >= 11 is 1.01. The minimum absolute atomic E-state index is 0.166. The van der Waals surface area contributed by atoms with Crippen LogP contribution in [0.1, 0.15) is 11.8 Å². The smallest absolute Gasteiger partial charge is 0.328 e. The number of likely N-dealkylation sites (N-methyl/N-ethyl adjacent to an activating group) is 1. The van der Waals surface area contributed by atoms with Gasteiger partial charge in [-0.3, -0.25) is 9.59 Å². The molecule has 1 saturated heterocycles. The Balaban J connectivity index is 0.000000414. The monoisotopic (exact) mass is 473 g/mol. The number of rotatable bonds is 9. The predicted octanol–water partition coefficient (Wildman–Crippen LogP) is 2.64. The van der Waals surface area contributed by atoms with Crippen molar-refractivity contribution in [2.45, 2.75) is 6.23 Å². The van der Waals surface area contributed by atoms with Crippen LogP contribution in [0.2, 0.25) is 0 Å². The molecule has 2 amide bonds. The molecule has 0 spiro atoms. The molecule has 1 fully saturated rings. The molecule has 1 aliphatic heterocycles. The molecule has 1 aromatic heterocycles. The van der Waals surface area contributed by atoms with Gasteiger partial charge in [-0.1, -0.05) is 48.2 Å². The van der Waals surface area contributed by atoms with E-state index in [1.807, 2.05) is 60.5 Å². The summed E-state index contributed by atoms with van der Waals surface area (Å²) in [6.45, 7) is 0.943. The molecule has 2 heterocycles. The summed E-state index contributed by atoms with van der Waals surface area (Å²) < 4.78 is 5.95. The zero-order chi connectivity index (χ0) is 24.2. The Morgan fingerprint density at radius 3 is 2.27 bits per heavy atom. The SMILES string of the molecule is CN(CCOC(c1ccccc1)N1C(=O)CSC1=O)c1ccccn1.O=C(O)/C=C\C(=O)O. The average Bonchev–Trinajstić information content (AvgIpc) is 3.14. The topological polar surface area (TPSA) is 137 Å². The quantitative estimate of drug-likeness (QED) is 0.523. The maximum absolute atomic E-state index is 12.1. The Bertz CT molecular complexity index is 954. The van der Waals surface area contributed by atoms with Gasteiger partial charge in [-0.25, -0.2) is 19.5 Å². The number of hydrogen-bond acceptors (Lipinski definition) is 8. The lowest BCUT2D eigenvalue weighted by molar-refractivity contribution is -0.136. The third kappa shape index (κ3) is 8.39. The predicted molar refractivity (Wildman–Crippen MR) is 122 cm³/mol. The normalized spacial score (nSPS) is 14.0. The van der Waals surface area contributed by atoms with Crippen LogP contribution < -0.4 is 4.90 Å². The minimum Gasteiger partial charge on any atom is -0.478 e. The Morgan fingerprint density at radius 1 is 1.12 bits per heavy atom. The number of anilines is 1. The first-order valence-corrected chi connectivity index (χ1v) is 10.7. The van der Waals surface area contributed by atoms with Crippen LogP contribution in [-0.4, -0.2) is 69.1 Å². The number of pyridine rings is 1. The van der Waals surface area contributed by atoms with Gasteiger partial charge in [0, 0.05) is 37.5 Å². The highest BCUT2D eigenvalue weighted by atomic mass is 32.2. The van der Waals surface area contributed by atoms with Crippen LogP contribution in [0, 0.1) is 0 Å². The van der Waals surface area contributed by atoms with E-state index in [0.29, 0.717) is 25.3 Å². The van der Waals surface area contributed by atoms with Gasteiger partial charge in [0.25, 0.3) is 5.24 Å². The lowest BCUT2D eigenvalue weighted by Crippen LogP contribution is -2.36. The van der Waals surface area contributed by atoms with E-state index < -0.39 is 18.2 Å². The van der Waals surface area contributed by atoms with Crippen LogP contribution in [0.5, 0.6) is 0 Å². The first-order valence-electron chi connectivity index (χ1n) is 9.71. The molecule has 11 heteroatoms. The average molecular weight is 474 g/mol. The molecule has 3 rings (SSSR count). The molecule has 1 aromatic carbocycles. The van der Waals surface area contributed by atoms with Crippen molar-refractivity contribution < 1.29 is 34.1 Å². The van der Waals surface area contributed by atoms with E-state index in [0.717, 1.165) is 23.1 Å². The van der Waals surface area contributed by atoms with Crippen LogP contribution in [0.3, 0.4) is 0 Å². The summed E-state index contributed by atoms with van der Waals surface area (Å²) in [5, 5.41) is 15.4. The first-order chi connectivity index (χ1) is 15.8. The molecule has 2 N–H and O–H groups in total. The van der Waals surface area contributed by atoms with Crippen molar-refractivity contribution >= 4 is 40.7 Å². The number of benzene rings is 1. The first kappa shape index (κ1) is 25.6. The molecule has 0 aliphatic carbocycles. The summed E-state index contributed by atoms with van der Waals surface area (Å²) in [6.07, 6.45) is 2.15. The summed E-state index contributed by atoms with van der Waals surface area (Å²) in [6, 6.07) is 15.0. The van der Waals surface area contributed by atoms with Crippen molar-refractivity contribution in [2.24, 2.45) is 0 Å². The molecule has 33 heavy (non-hydrogen) atoms. The molecule has 0 saturated carbocycles. The van der Waals surface area contributed by atoms with Gasteiger partial charge in [0.15, 0.2) is 6.23 Å². The van der Waals surface area contributed by atoms with Gasteiger partial charge in [0.1, 0.15) is 5.82 Å². The maximum Gasteiger partial charge on any atom is 0.328 e. The lowest BCUT2D eigenvalue weighted by Gasteiger charge is -2.27. The molecular formula is C22H23N3O7S. The fraction of sp³-hybridized carbons (Fsp3) is 0.227. The summed E-state index contributed by atoms with van der Waals surface area (Å²) in [7, 11) is 1.92. The van der Waals surface area contributed by atoms with E-state index in [4.69, 9.17) is 14.9 Å². The molecule has 1 atom stereocenters. The number of thioether (sulfide) groups is 1. The third-order valence-electron chi connectivity index (χ3n) is 4.22. The number of aliphatic carboxylic acids is 2. The molecule has 1 aliphatic rings. The number of carbonyl (C=O) groups excluding carboxylic acids is 2. The highest BCUT2D eigenvalue weighted by Gasteiger charge is 2.37. The lowest BCUT2D eigenvalue weighted by atomic mass is 10.2. The van der Waals surface area contributed by atoms with Crippen molar-refractivity contribution in [3.05, 3.63) is 72.4 Å². The van der Waals surface area contributed by atoms with Crippen molar-refractivity contribution in [1.29, 1.82) is 0 Å².